The van der Waals surface area contributed by atoms with E-state index in [4.69, 9.17) is 32.3 Å². The lowest BCUT2D eigenvalue weighted by Gasteiger charge is -2.28. The van der Waals surface area contributed by atoms with Crippen molar-refractivity contribution < 1.29 is 45.5 Å². The van der Waals surface area contributed by atoms with E-state index < -0.39 is 33.3 Å². The molecule has 0 radical (unpaired) electrons. The molecule has 0 spiro atoms. The highest BCUT2D eigenvalue weighted by molar-refractivity contribution is 6.61. The summed E-state index contributed by atoms with van der Waals surface area (Å²) in [4.78, 5) is 19.6. The highest BCUT2D eigenvalue weighted by atomic mass is 28.4. The van der Waals surface area contributed by atoms with Crippen LogP contribution in [0.4, 0.5) is 21.5 Å². The Bertz CT molecular complexity index is 1080. The molecule has 0 amide bonds. The summed E-state index contributed by atoms with van der Waals surface area (Å²) in [7, 11) is -4.98. The van der Waals surface area contributed by atoms with Crippen molar-refractivity contribution >= 4 is 34.7 Å². The van der Waals surface area contributed by atoms with Crippen LogP contribution in [-0.4, -0.2) is 80.2 Å². The summed E-state index contributed by atoms with van der Waals surface area (Å²) in [6.45, 7) is 16.7. The lowest BCUT2D eigenvalue weighted by Crippen LogP contribution is -3.00. The van der Waals surface area contributed by atoms with Crippen molar-refractivity contribution in [1.82, 2.24) is 0 Å². The molecule has 0 saturated heterocycles. The van der Waals surface area contributed by atoms with E-state index in [9.17, 15) is 24.6 Å². The Kier molecular flexibility index (Phi) is 27.5. The molecular formula is C30H53F2N4O10Si2-. The van der Waals surface area contributed by atoms with E-state index in [0.29, 0.717) is 46.2 Å². The van der Waals surface area contributed by atoms with Gasteiger partial charge in [-0.05, 0) is 85.2 Å². The molecule has 2 rings (SSSR count). The number of nitrogens with one attached hydrogen (secondary N) is 1. The minimum Gasteiger partial charge on any atom is -1.00 e. The minimum atomic E-state index is -2.59. The first kappa shape index (κ1) is 47.2. The third-order valence-corrected chi connectivity index (χ3v) is 12.3. The number of nitro groups is 2. The van der Waals surface area contributed by atoms with Crippen LogP contribution >= 0.6 is 0 Å². The van der Waals surface area contributed by atoms with Crippen LogP contribution in [-0.2, 0) is 26.6 Å². The second kappa shape index (κ2) is 27.9. The van der Waals surface area contributed by atoms with Crippen LogP contribution in [0.3, 0.4) is 0 Å². The maximum absolute atomic E-state index is 12.1. The summed E-state index contributed by atoms with van der Waals surface area (Å²) in [5, 5.41) is 23.9. The number of anilines is 1. The summed E-state index contributed by atoms with van der Waals surface area (Å²) < 4.78 is 46.5. The molecule has 0 atom stereocenters. The van der Waals surface area contributed by atoms with Crippen molar-refractivity contribution in [1.29, 1.82) is 0 Å². The lowest BCUT2D eigenvalue weighted by atomic mass is 10.3. The number of rotatable bonds is 22. The van der Waals surface area contributed by atoms with Gasteiger partial charge < -0.3 is 42.3 Å². The van der Waals surface area contributed by atoms with Gasteiger partial charge in [0.25, 0.3) is 11.4 Å². The smallest absolute Gasteiger partial charge is 0.500 e. The molecule has 48 heavy (non-hydrogen) atoms. The van der Waals surface area contributed by atoms with Gasteiger partial charge in [-0.25, -0.2) is 4.39 Å². The van der Waals surface area contributed by atoms with E-state index in [1.165, 1.54) is 12.1 Å². The molecule has 0 heterocycles. The predicted molar refractivity (Wildman–Crippen MR) is 184 cm³/mol. The number of nitrogens with zero attached hydrogens (tertiary/aromatic N) is 2. The summed E-state index contributed by atoms with van der Waals surface area (Å²) in [5.41, 5.74) is 6.33. The van der Waals surface area contributed by atoms with Gasteiger partial charge in [-0.1, -0.05) is 0 Å². The Labute approximate surface area is 284 Å². The molecule has 0 aromatic heterocycles. The molecule has 3 N–H and O–H groups in total. The first-order chi connectivity index (χ1) is 22.5. The molecule has 276 valence electrons. The fourth-order valence-corrected chi connectivity index (χ4v) is 9.37. The van der Waals surface area contributed by atoms with Crippen LogP contribution in [0.1, 0.15) is 54.4 Å². The molecular weight excluding hydrogens is 671 g/mol. The summed E-state index contributed by atoms with van der Waals surface area (Å²) in [6.07, 6.45) is 1.73. The number of benzene rings is 2. The van der Waals surface area contributed by atoms with Gasteiger partial charge in [-0.15, -0.1) is 0 Å². The zero-order chi connectivity index (χ0) is 35.6. The predicted octanol–water partition coefficient (Wildman–Crippen LogP) is 3.57. The molecule has 0 fully saturated rings. The van der Waals surface area contributed by atoms with Gasteiger partial charge in [-0.3, -0.25) is 20.2 Å². The standard InChI is InChI=1S/C15H26N2O5Si.C9H23NO3Si.C6H4FNO2.FH/c1-4-20-23(21-5-2,22-6-3)13-7-12-16-14-8-10-15(11-9-14)17(18)19;1-4-11-14(12-5-2,13-6-3)9-7-8-10;7-5-1-3-6(4-2-5)8(9)10;/h8-11,16H,4-7,12-13H2,1-3H3;4-10H2,1-3H3;1-4H;1H/p-1. The van der Waals surface area contributed by atoms with E-state index in [1.54, 1.807) is 12.1 Å². The first-order valence-electron chi connectivity index (χ1n) is 15.9. The van der Waals surface area contributed by atoms with Crippen molar-refractivity contribution in [3.8, 4) is 0 Å². The molecule has 18 heteroatoms. The van der Waals surface area contributed by atoms with Crippen LogP contribution < -0.4 is 15.8 Å². The van der Waals surface area contributed by atoms with Gasteiger partial charge in [0.15, 0.2) is 0 Å². The molecule has 2 aromatic carbocycles. The van der Waals surface area contributed by atoms with Crippen LogP contribution in [0.25, 0.3) is 0 Å². The SMILES string of the molecule is CCO[Si](CCCN)(OCC)OCC.CCO[Si](CCCNc1ccc([N+](=O)[O-])cc1)(OCC)OCC.O=[N+]([O-])c1ccc(F)cc1.[F-]. The van der Waals surface area contributed by atoms with Gasteiger partial charge in [0, 0.05) is 88.2 Å². The van der Waals surface area contributed by atoms with Crippen LogP contribution in [0.5, 0.6) is 0 Å². The second-order valence-corrected chi connectivity index (χ2v) is 14.9. The zero-order valence-corrected chi connectivity index (χ0v) is 30.9. The van der Waals surface area contributed by atoms with Crippen LogP contribution in [0.2, 0.25) is 12.1 Å². The normalized spacial score (nSPS) is 10.9. The quantitative estimate of drug-likeness (QED) is 0.0782. The molecule has 0 bridgehead atoms. The van der Waals surface area contributed by atoms with Crippen molar-refractivity contribution in [3.63, 3.8) is 0 Å². The number of hydrogen-bond acceptors (Lipinski definition) is 12. The topological polar surface area (TPSA) is 180 Å². The fourth-order valence-electron chi connectivity index (χ4n) is 4.12. The van der Waals surface area contributed by atoms with Gasteiger partial charge >= 0.3 is 17.6 Å². The van der Waals surface area contributed by atoms with E-state index in [2.05, 4.69) is 5.32 Å². The second-order valence-electron chi connectivity index (χ2n) is 9.42. The highest BCUT2D eigenvalue weighted by Gasteiger charge is 2.40. The first-order valence-corrected chi connectivity index (χ1v) is 19.8. The van der Waals surface area contributed by atoms with E-state index >= 15 is 0 Å². The molecule has 0 aliphatic heterocycles. The summed E-state index contributed by atoms with van der Waals surface area (Å²) in [5.74, 6) is -0.467. The molecule has 0 aliphatic rings. The number of nitrogens with two attached hydrogens (primary N) is 1. The Balaban J connectivity index is 0. The van der Waals surface area contributed by atoms with Crippen molar-refractivity contribution in [2.24, 2.45) is 5.73 Å². The van der Waals surface area contributed by atoms with E-state index in [0.717, 1.165) is 61.4 Å². The number of nitro benzene ring substituents is 2. The average molecular weight is 724 g/mol. The Morgan fingerprint density at radius 1 is 0.646 bits per heavy atom. The highest BCUT2D eigenvalue weighted by Crippen LogP contribution is 2.20. The van der Waals surface area contributed by atoms with Gasteiger partial charge in [0.1, 0.15) is 5.82 Å². The van der Waals surface area contributed by atoms with Gasteiger partial charge in [0.05, 0.1) is 9.85 Å². The van der Waals surface area contributed by atoms with Crippen LogP contribution in [0, 0.1) is 26.0 Å². The molecule has 0 saturated carbocycles. The Hall–Kier alpha value is -2.95. The lowest BCUT2D eigenvalue weighted by molar-refractivity contribution is -0.385. The van der Waals surface area contributed by atoms with Crippen molar-refractivity contribution in [3.05, 3.63) is 74.6 Å². The summed E-state index contributed by atoms with van der Waals surface area (Å²) in [6, 6.07) is 12.3. The fraction of sp³-hybridized carbons (Fsp3) is 0.600. The number of hydrogen-bond donors (Lipinski definition) is 2. The third-order valence-electron chi connectivity index (χ3n) is 5.98. The van der Waals surface area contributed by atoms with Gasteiger partial charge in [0.2, 0.25) is 0 Å². The van der Waals surface area contributed by atoms with E-state index in [1.807, 2.05) is 41.5 Å². The summed E-state index contributed by atoms with van der Waals surface area (Å²) >= 11 is 0. The molecule has 2 aromatic rings. The average Bonchev–Trinajstić information content (AvgIpc) is 3.04. The van der Waals surface area contributed by atoms with Crippen molar-refractivity contribution in [2.45, 2.75) is 66.5 Å². The Morgan fingerprint density at radius 3 is 1.29 bits per heavy atom. The Morgan fingerprint density at radius 2 is 0.979 bits per heavy atom. The van der Waals surface area contributed by atoms with Crippen molar-refractivity contribution in [2.75, 3.05) is 58.0 Å². The monoisotopic (exact) mass is 723 g/mol. The number of non-ortho nitro benzene ring substituents is 2. The number of halogens is 2. The largest absolute Gasteiger partial charge is 1.00 e. The minimum absolute atomic E-state index is 0. The third kappa shape index (κ3) is 19.8. The molecule has 0 aliphatic carbocycles. The maximum Gasteiger partial charge on any atom is 0.500 e. The van der Waals surface area contributed by atoms with Gasteiger partial charge in [-0.2, -0.15) is 0 Å². The molecule has 0 unspecified atom stereocenters. The maximum atomic E-state index is 12.1. The zero-order valence-electron chi connectivity index (χ0n) is 28.9. The molecule has 14 nitrogen and oxygen atoms in total. The van der Waals surface area contributed by atoms with E-state index in [-0.39, 0.29) is 16.1 Å². The van der Waals surface area contributed by atoms with Crippen LogP contribution in [0.15, 0.2) is 48.5 Å².